The van der Waals surface area contributed by atoms with Crippen molar-refractivity contribution in [3.63, 3.8) is 0 Å². The molecule has 0 aromatic heterocycles. The van der Waals surface area contributed by atoms with Crippen molar-refractivity contribution < 1.29 is 24.3 Å². The summed E-state index contributed by atoms with van der Waals surface area (Å²) in [6, 6.07) is 0. The summed E-state index contributed by atoms with van der Waals surface area (Å²) in [4.78, 5) is 0. The van der Waals surface area contributed by atoms with Crippen LogP contribution in [-0.4, -0.2) is 94.4 Å². The van der Waals surface area contributed by atoms with E-state index >= 15 is 0 Å². The molecule has 1 nitrogen and oxygen atoms in total. The van der Waals surface area contributed by atoms with Crippen molar-refractivity contribution in [2.24, 2.45) is 0 Å². The molecule has 0 heterocycles. The van der Waals surface area contributed by atoms with Crippen molar-refractivity contribution in [1.29, 1.82) is 0 Å². The van der Waals surface area contributed by atoms with Gasteiger partial charge in [-0.05, 0) is 0 Å². The summed E-state index contributed by atoms with van der Waals surface area (Å²) in [5.41, 5.74) is 0. The third-order valence-electron chi connectivity index (χ3n) is 0. The molecule has 0 saturated carbocycles. The van der Waals surface area contributed by atoms with Crippen molar-refractivity contribution in [2.75, 3.05) is 0 Å². The standard InChI is InChI=1S/Ba.Nb.O.Sr.4H. The molecule has 0 aliphatic rings. The fraction of sp³-hybridized carbons (Fsp3) is 0. The van der Waals surface area contributed by atoms with Crippen LogP contribution in [0.2, 0.25) is 0 Å². The van der Waals surface area contributed by atoms with E-state index in [0.717, 1.165) is 0 Å². The Hall–Kier alpha value is 3.59. The topological polar surface area (TPSA) is 17.1 Å². The maximum atomic E-state index is 8.30. The second-order valence-corrected chi connectivity index (χ2v) is 0. The Bertz CT molecular complexity index is 8.00. The van der Waals surface area contributed by atoms with Gasteiger partial charge in [0.15, 0.2) is 0 Å². The summed E-state index contributed by atoms with van der Waals surface area (Å²) in [5, 5.41) is 0. The molecule has 19 valence electrons. The van der Waals surface area contributed by atoms with Crippen LogP contribution in [0, 0.1) is 0 Å². The summed E-state index contributed by atoms with van der Waals surface area (Å²) < 4.78 is 8.30. The Balaban J connectivity index is -0.00000000500. The van der Waals surface area contributed by atoms with Gasteiger partial charge in [0.25, 0.3) is 0 Å². The minimum absolute atomic E-state index is 0. The van der Waals surface area contributed by atoms with Gasteiger partial charge in [0.05, 0.1) is 0 Å². The van der Waals surface area contributed by atoms with Crippen molar-refractivity contribution in [3.8, 4) is 0 Å². The average molecular weight is 338 g/mol. The number of rotatable bonds is 0. The van der Waals surface area contributed by atoms with Crippen LogP contribution in [-0.2, 0) is 24.3 Å². The van der Waals surface area contributed by atoms with Gasteiger partial charge in [0.2, 0.25) is 0 Å². The molecule has 0 fully saturated rings. The predicted molar refractivity (Wildman–Crippen MR) is 17.8 cm³/mol. The quantitative estimate of drug-likeness (QED) is 0.470. The number of hydrogen-bond donors (Lipinski definition) is 0. The molecule has 0 bridgehead atoms. The Morgan fingerprint density at radius 2 is 1.25 bits per heavy atom. The third-order valence-corrected chi connectivity index (χ3v) is 0. The minimum atomic E-state index is 0. The SMILES string of the molecule is [BaH2].[O]=[Nb].[SrH2]. The molecule has 4 heteroatoms. The van der Waals surface area contributed by atoms with E-state index in [9.17, 15) is 0 Å². The second kappa shape index (κ2) is 16.0. The molecule has 0 spiro atoms. The zero-order valence-electron chi connectivity index (χ0n) is 0.855. The molecule has 0 amide bonds. The molecular weight excluding hydrogens is 334 g/mol. The van der Waals surface area contributed by atoms with E-state index in [1.807, 2.05) is 0 Å². The molecule has 0 saturated heterocycles. The molecule has 0 aliphatic heterocycles. The summed E-state index contributed by atoms with van der Waals surface area (Å²) in [7, 11) is 0. The zero-order chi connectivity index (χ0) is 2.00. The Morgan fingerprint density at radius 1 is 1.25 bits per heavy atom. The van der Waals surface area contributed by atoms with Crippen LogP contribution in [0.25, 0.3) is 0 Å². The Morgan fingerprint density at radius 3 is 1.25 bits per heavy atom. The summed E-state index contributed by atoms with van der Waals surface area (Å²) >= 11 is 0.500. The van der Waals surface area contributed by atoms with Gasteiger partial charge in [-0.2, -0.15) is 0 Å². The van der Waals surface area contributed by atoms with Gasteiger partial charge in [-0.15, -0.1) is 0 Å². The van der Waals surface area contributed by atoms with Gasteiger partial charge in [0, 0.05) is 0 Å². The van der Waals surface area contributed by atoms with E-state index in [2.05, 4.69) is 0 Å². The first-order valence-electron chi connectivity index (χ1n) is 0.183. The van der Waals surface area contributed by atoms with E-state index in [1.54, 1.807) is 0 Å². The van der Waals surface area contributed by atoms with Crippen LogP contribution in [0.3, 0.4) is 0 Å². The van der Waals surface area contributed by atoms with Gasteiger partial charge in [-0.3, -0.25) is 0 Å². The van der Waals surface area contributed by atoms with E-state index in [-0.39, 0.29) is 94.4 Å². The van der Waals surface area contributed by atoms with Crippen molar-refractivity contribution in [1.82, 2.24) is 0 Å². The molecule has 0 aromatic carbocycles. The van der Waals surface area contributed by atoms with Crippen LogP contribution in [0.15, 0.2) is 0 Å². The fourth-order valence-electron chi connectivity index (χ4n) is 0. The maximum absolute atomic E-state index is 8.30. The van der Waals surface area contributed by atoms with Crippen molar-refractivity contribution >= 4 is 94.4 Å². The van der Waals surface area contributed by atoms with E-state index in [0.29, 0.717) is 21.0 Å². The molecule has 0 aromatic rings. The normalized spacial score (nSPS) is 0.750. The van der Waals surface area contributed by atoms with Crippen LogP contribution in [0.5, 0.6) is 0 Å². The summed E-state index contributed by atoms with van der Waals surface area (Å²) in [5.74, 6) is 0. The predicted octanol–water partition coefficient (Wildman–Crippen LogP) is -1.95. The molecule has 0 rings (SSSR count). The van der Waals surface area contributed by atoms with Gasteiger partial charge in [-0.1, -0.05) is 0 Å². The fourth-order valence-corrected chi connectivity index (χ4v) is 0. The molecule has 0 unspecified atom stereocenters. The second-order valence-electron chi connectivity index (χ2n) is 0. The van der Waals surface area contributed by atoms with Crippen LogP contribution < -0.4 is 0 Å². The van der Waals surface area contributed by atoms with Gasteiger partial charge in [-0.25, -0.2) is 0 Å². The molecule has 0 atom stereocenters. The van der Waals surface area contributed by atoms with E-state index < -0.39 is 0 Å². The van der Waals surface area contributed by atoms with Crippen molar-refractivity contribution in [2.45, 2.75) is 0 Å². The van der Waals surface area contributed by atoms with Crippen molar-refractivity contribution in [3.05, 3.63) is 0 Å². The molecule has 0 aliphatic carbocycles. The monoisotopic (exact) mass is 339 g/mol. The number of hydrogen-bond acceptors (Lipinski definition) is 1. The Labute approximate surface area is 115 Å². The Kier molecular flexibility index (Phi) is 62.5. The third kappa shape index (κ3) is 9.14. The first kappa shape index (κ1) is 15.6. The molecular formula is H4BaNbOSr. The molecule has 0 N–H and O–H groups in total. The van der Waals surface area contributed by atoms with Gasteiger partial charge < -0.3 is 0 Å². The van der Waals surface area contributed by atoms with Crippen LogP contribution in [0.1, 0.15) is 0 Å². The van der Waals surface area contributed by atoms with Gasteiger partial charge >= 0.3 is 119 Å². The molecule has 0 radical (unpaired) electrons. The average Bonchev–Trinajstić information content (AvgIpc) is 1.00. The van der Waals surface area contributed by atoms with Crippen LogP contribution in [0.4, 0.5) is 0 Å². The first-order valence-corrected chi connectivity index (χ1v) is 1.08. The van der Waals surface area contributed by atoms with Crippen LogP contribution >= 0.6 is 0 Å². The van der Waals surface area contributed by atoms with E-state index in [1.165, 1.54) is 0 Å². The van der Waals surface area contributed by atoms with E-state index in [4.69, 9.17) is 3.25 Å². The molecule has 4 heavy (non-hydrogen) atoms. The van der Waals surface area contributed by atoms with Gasteiger partial charge in [0.1, 0.15) is 0 Å². The summed E-state index contributed by atoms with van der Waals surface area (Å²) in [6.07, 6.45) is 0. The first-order chi connectivity index (χ1) is 1.00. The summed E-state index contributed by atoms with van der Waals surface area (Å²) in [6.45, 7) is 0. The zero-order valence-corrected chi connectivity index (χ0v) is 3.05.